The Morgan fingerprint density at radius 2 is 2.13 bits per heavy atom. The van der Waals surface area contributed by atoms with E-state index < -0.39 is 17.4 Å². The van der Waals surface area contributed by atoms with Crippen LogP contribution < -0.4 is 21.5 Å². The molecule has 7 heteroatoms. The number of H-pyrrole nitrogens is 2. The Kier molecular flexibility index (Phi) is 2.07. The van der Waals surface area contributed by atoms with Crippen molar-refractivity contribution >= 4 is 17.8 Å². The van der Waals surface area contributed by atoms with Gasteiger partial charge in [-0.3, -0.25) is 19.6 Å². The first-order valence-electron chi connectivity index (χ1n) is 4.52. The number of nitrogens with one attached hydrogen (secondary N) is 3. The molecule has 0 fully saturated rings. The summed E-state index contributed by atoms with van der Waals surface area (Å²) in [6.45, 7) is 2.34. The molecule has 0 saturated heterocycles. The highest BCUT2D eigenvalue weighted by molar-refractivity contribution is 5.81. The maximum atomic E-state index is 11.4. The predicted octanol–water partition coefficient (Wildman–Crippen LogP) is -1.16. The molecule has 7 nitrogen and oxygen atoms in total. The van der Waals surface area contributed by atoms with E-state index in [-0.39, 0.29) is 5.69 Å². The van der Waals surface area contributed by atoms with E-state index in [2.05, 4.69) is 15.3 Å². The summed E-state index contributed by atoms with van der Waals surface area (Å²) < 4.78 is 0. The van der Waals surface area contributed by atoms with Crippen LogP contribution in [0.25, 0.3) is 0 Å². The Hall–Kier alpha value is -2.05. The number of hydrogen-bond donors (Lipinski definition) is 3. The quantitative estimate of drug-likeness (QED) is 0.535. The molecular weight excluding hydrogens is 200 g/mol. The second-order valence-electron chi connectivity index (χ2n) is 3.14. The topological polar surface area (TPSA) is 98.1 Å². The van der Waals surface area contributed by atoms with Crippen LogP contribution in [-0.2, 0) is 4.79 Å². The molecule has 1 aliphatic rings. The van der Waals surface area contributed by atoms with Crippen molar-refractivity contribution in [1.82, 2.24) is 9.97 Å². The van der Waals surface area contributed by atoms with E-state index in [0.717, 1.165) is 0 Å². The summed E-state index contributed by atoms with van der Waals surface area (Å²) in [6, 6.07) is 0. The molecule has 1 aromatic rings. The van der Waals surface area contributed by atoms with Gasteiger partial charge in [-0.15, -0.1) is 0 Å². The summed E-state index contributed by atoms with van der Waals surface area (Å²) in [5.41, 5.74) is -0.865. The third-order valence-corrected chi connectivity index (χ3v) is 2.31. The molecule has 1 unspecified atom stereocenters. The van der Waals surface area contributed by atoms with Crippen molar-refractivity contribution < 1.29 is 4.79 Å². The predicted molar refractivity (Wildman–Crippen MR) is 54.2 cm³/mol. The fraction of sp³-hybridized carbons (Fsp3) is 0.375. The standard InChI is InChI=1S/C8H10N4O3/c1-2-12-4(3-13)9-5-6(12)10-8(15)11-7(5)14/h3-4,9H,2H2,1H3,(H2,10,11,14,15). The molecule has 1 aliphatic heterocycles. The lowest BCUT2D eigenvalue weighted by molar-refractivity contribution is -0.108. The first-order chi connectivity index (χ1) is 7.17. The van der Waals surface area contributed by atoms with Crippen LogP contribution in [0, 0.1) is 0 Å². The van der Waals surface area contributed by atoms with Crippen molar-refractivity contribution in [2.45, 2.75) is 13.1 Å². The second kappa shape index (κ2) is 3.26. The monoisotopic (exact) mass is 210 g/mol. The summed E-state index contributed by atoms with van der Waals surface area (Å²) in [4.78, 5) is 39.3. The number of carbonyl (C=O) groups excluding carboxylic acids is 1. The number of nitrogens with zero attached hydrogens (tertiary/aromatic N) is 1. The van der Waals surface area contributed by atoms with Gasteiger partial charge in [0.15, 0.2) is 12.5 Å². The van der Waals surface area contributed by atoms with Crippen LogP contribution >= 0.6 is 0 Å². The fourth-order valence-electron chi connectivity index (χ4n) is 1.65. The zero-order valence-corrected chi connectivity index (χ0v) is 8.03. The lowest BCUT2D eigenvalue weighted by Gasteiger charge is -2.19. The van der Waals surface area contributed by atoms with Gasteiger partial charge < -0.3 is 10.2 Å². The largest absolute Gasteiger partial charge is 0.352 e. The van der Waals surface area contributed by atoms with Crippen molar-refractivity contribution in [2.24, 2.45) is 0 Å². The van der Waals surface area contributed by atoms with Crippen LogP contribution in [0.2, 0.25) is 0 Å². The molecule has 0 saturated carbocycles. The van der Waals surface area contributed by atoms with Crippen molar-refractivity contribution in [2.75, 3.05) is 16.8 Å². The number of aldehydes is 1. The van der Waals surface area contributed by atoms with Gasteiger partial charge in [0.1, 0.15) is 11.5 Å². The van der Waals surface area contributed by atoms with Crippen LogP contribution in [0.1, 0.15) is 6.92 Å². The van der Waals surface area contributed by atoms with Crippen LogP contribution in [0.5, 0.6) is 0 Å². The number of fused-ring (bicyclic) bond motifs is 1. The minimum atomic E-state index is -0.593. The summed E-state index contributed by atoms with van der Waals surface area (Å²) >= 11 is 0. The minimum Gasteiger partial charge on any atom is -0.352 e. The van der Waals surface area contributed by atoms with Gasteiger partial charge in [0, 0.05) is 6.54 Å². The third-order valence-electron chi connectivity index (χ3n) is 2.31. The molecule has 3 N–H and O–H groups in total. The van der Waals surface area contributed by atoms with E-state index in [0.29, 0.717) is 18.6 Å². The SMILES string of the molecule is CCN1c2[nH]c(=O)[nH]c(=O)c2NC1C=O. The molecule has 2 heterocycles. The normalized spacial score (nSPS) is 18.5. The highest BCUT2D eigenvalue weighted by atomic mass is 16.2. The van der Waals surface area contributed by atoms with E-state index in [1.165, 1.54) is 0 Å². The number of carbonyl (C=O) groups is 1. The van der Waals surface area contributed by atoms with Crippen LogP contribution in [0.4, 0.5) is 11.5 Å². The van der Waals surface area contributed by atoms with E-state index in [1.807, 2.05) is 6.92 Å². The summed E-state index contributed by atoms with van der Waals surface area (Å²) in [6.07, 6.45) is 0.0884. The zero-order chi connectivity index (χ0) is 11.0. The van der Waals surface area contributed by atoms with Gasteiger partial charge in [0.25, 0.3) is 5.56 Å². The van der Waals surface area contributed by atoms with E-state index >= 15 is 0 Å². The maximum Gasteiger partial charge on any atom is 0.327 e. The minimum absolute atomic E-state index is 0.230. The number of aromatic amines is 2. The summed E-state index contributed by atoms with van der Waals surface area (Å²) in [7, 11) is 0. The highest BCUT2D eigenvalue weighted by Crippen LogP contribution is 2.26. The Morgan fingerprint density at radius 3 is 2.73 bits per heavy atom. The first-order valence-corrected chi connectivity index (χ1v) is 4.52. The fourth-order valence-corrected chi connectivity index (χ4v) is 1.65. The Labute approximate surface area is 84.1 Å². The lowest BCUT2D eigenvalue weighted by Crippen LogP contribution is -2.37. The number of likely N-dealkylation sites (N-methyl/N-ethyl adjacent to an activating group) is 1. The molecule has 0 aromatic carbocycles. The van der Waals surface area contributed by atoms with E-state index in [1.54, 1.807) is 4.90 Å². The molecule has 0 aliphatic carbocycles. The van der Waals surface area contributed by atoms with Gasteiger partial charge in [0.2, 0.25) is 0 Å². The number of hydrogen-bond acceptors (Lipinski definition) is 5. The molecule has 15 heavy (non-hydrogen) atoms. The van der Waals surface area contributed by atoms with Crippen molar-refractivity contribution in [1.29, 1.82) is 0 Å². The van der Waals surface area contributed by atoms with Gasteiger partial charge in [-0.2, -0.15) is 0 Å². The van der Waals surface area contributed by atoms with E-state index in [9.17, 15) is 14.4 Å². The average Bonchev–Trinajstić information content (AvgIpc) is 2.55. The van der Waals surface area contributed by atoms with Gasteiger partial charge >= 0.3 is 5.69 Å². The van der Waals surface area contributed by atoms with Gasteiger partial charge in [0.05, 0.1) is 0 Å². The molecule has 0 radical (unpaired) electrons. The Morgan fingerprint density at radius 1 is 1.40 bits per heavy atom. The van der Waals surface area contributed by atoms with Gasteiger partial charge in [-0.05, 0) is 6.92 Å². The zero-order valence-electron chi connectivity index (χ0n) is 8.03. The molecule has 2 rings (SSSR count). The highest BCUT2D eigenvalue weighted by Gasteiger charge is 2.30. The molecule has 0 bridgehead atoms. The molecule has 0 amide bonds. The summed E-state index contributed by atoms with van der Waals surface area (Å²) in [5.74, 6) is 0.364. The third kappa shape index (κ3) is 1.32. The summed E-state index contributed by atoms with van der Waals surface area (Å²) in [5, 5.41) is 2.72. The van der Waals surface area contributed by atoms with Gasteiger partial charge in [-0.25, -0.2) is 4.79 Å². The molecule has 1 atom stereocenters. The molecule has 80 valence electrons. The van der Waals surface area contributed by atoms with Crippen molar-refractivity contribution in [3.8, 4) is 0 Å². The van der Waals surface area contributed by atoms with Crippen LogP contribution in [-0.4, -0.2) is 29.0 Å². The second-order valence-corrected chi connectivity index (χ2v) is 3.14. The van der Waals surface area contributed by atoms with Crippen molar-refractivity contribution in [3.05, 3.63) is 20.8 Å². The maximum absolute atomic E-state index is 11.4. The molecule has 0 spiro atoms. The smallest absolute Gasteiger partial charge is 0.327 e. The molecule has 1 aromatic heterocycles. The number of aromatic nitrogens is 2. The van der Waals surface area contributed by atoms with Gasteiger partial charge in [-0.1, -0.05) is 0 Å². The van der Waals surface area contributed by atoms with Crippen molar-refractivity contribution in [3.63, 3.8) is 0 Å². The average molecular weight is 210 g/mol. The van der Waals surface area contributed by atoms with E-state index in [4.69, 9.17) is 0 Å². The lowest BCUT2D eigenvalue weighted by atomic mass is 10.4. The number of anilines is 2. The van der Waals surface area contributed by atoms with Crippen LogP contribution in [0.3, 0.4) is 0 Å². The number of rotatable bonds is 2. The van der Waals surface area contributed by atoms with Crippen LogP contribution in [0.15, 0.2) is 9.59 Å². The molecular formula is C8H10N4O3. The Bertz CT molecular complexity index is 503. The first kappa shape index (κ1) is 9.50. The Balaban J connectivity index is 2.62.